The highest BCUT2D eigenvalue weighted by molar-refractivity contribution is 9.10. The van der Waals surface area contributed by atoms with Gasteiger partial charge in [0.15, 0.2) is 0 Å². The molecule has 0 saturated carbocycles. The highest BCUT2D eigenvalue weighted by Crippen LogP contribution is 2.19. The number of anilines is 1. The average molecular weight is 332 g/mol. The van der Waals surface area contributed by atoms with E-state index in [1.165, 1.54) is 46.1 Å². The van der Waals surface area contributed by atoms with Gasteiger partial charge in [-0.15, -0.1) is 0 Å². The fourth-order valence-electron chi connectivity index (χ4n) is 2.12. The van der Waals surface area contributed by atoms with Crippen LogP contribution in [0.3, 0.4) is 0 Å². The van der Waals surface area contributed by atoms with Gasteiger partial charge in [0.1, 0.15) is 0 Å². The van der Waals surface area contributed by atoms with E-state index in [1.54, 1.807) is 0 Å². The Morgan fingerprint density at radius 2 is 1.70 bits per heavy atom. The second kappa shape index (κ2) is 7.49. The van der Waals surface area contributed by atoms with Gasteiger partial charge in [0.05, 0.1) is 0 Å². The van der Waals surface area contributed by atoms with Gasteiger partial charge in [0.25, 0.3) is 0 Å². The molecule has 0 unspecified atom stereocenters. The Balaban J connectivity index is 1.91. The molecule has 20 heavy (non-hydrogen) atoms. The number of hydrogen-bond acceptors (Lipinski definition) is 1. The third kappa shape index (κ3) is 4.38. The lowest BCUT2D eigenvalue weighted by Crippen LogP contribution is -1.99. The van der Waals surface area contributed by atoms with Gasteiger partial charge in [-0.1, -0.05) is 53.5 Å². The van der Waals surface area contributed by atoms with E-state index < -0.39 is 0 Å². The van der Waals surface area contributed by atoms with Crippen LogP contribution in [0.15, 0.2) is 46.9 Å². The van der Waals surface area contributed by atoms with Gasteiger partial charge in [-0.2, -0.15) is 0 Å². The lowest BCUT2D eigenvalue weighted by atomic mass is 10.1. The number of nitrogens with one attached hydrogen (secondary N) is 1. The number of rotatable bonds is 6. The van der Waals surface area contributed by atoms with Crippen LogP contribution < -0.4 is 5.32 Å². The van der Waals surface area contributed by atoms with Gasteiger partial charge >= 0.3 is 0 Å². The molecule has 1 nitrogen and oxygen atoms in total. The average Bonchev–Trinajstić information content (AvgIpc) is 2.47. The summed E-state index contributed by atoms with van der Waals surface area (Å²) in [6.45, 7) is 5.19. The van der Waals surface area contributed by atoms with Crippen LogP contribution in [0.5, 0.6) is 0 Å². The summed E-state index contributed by atoms with van der Waals surface area (Å²) in [7, 11) is 0. The molecule has 0 aliphatic heterocycles. The van der Waals surface area contributed by atoms with E-state index in [1.807, 2.05) is 0 Å². The number of unbranched alkanes of at least 4 members (excludes halogenated alkanes) is 1. The van der Waals surface area contributed by atoms with Crippen molar-refractivity contribution in [3.05, 3.63) is 63.6 Å². The van der Waals surface area contributed by atoms with Crippen LogP contribution in [0.1, 0.15) is 36.5 Å². The van der Waals surface area contributed by atoms with Crippen LogP contribution in [-0.2, 0) is 13.0 Å². The van der Waals surface area contributed by atoms with Gasteiger partial charge < -0.3 is 5.32 Å². The van der Waals surface area contributed by atoms with E-state index in [2.05, 4.69) is 77.6 Å². The molecule has 2 aromatic rings. The maximum absolute atomic E-state index is 3.58. The quantitative estimate of drug-likeness (QED) is 0.714. The van der Waals surface area contributed by atoms with Crippen molar-refractivity contribution in [3.8, 4) is 0 Å². The summed E-state index contributed by atoms with van der Waals surface area (Å²) in [6.07, 6.45) is 3.70. The molecule has 1 N–H and O–H groups in total. The lowest BCUT2D eigenvalue weighted by molar-refractivity contribution is 0.795. The molecule has 2 aromatic carbocycles. The van der Waals surface area contributed by atoms with Gasteiger partial charge in [-0.3, -0.25) is 0 Å². The van der Waals surface area contributed by atoms with Gasteiger partial charge in [0, 0.05) is 16.7 Å². The van der Waals surface area contributed by atoms with Crippen LogP contribution in [0.25, 0.3) is 0 Å². The second-order valence-corrected chi connectivity index (χ2v) is 6.09. The minimum Gasteiger partial charge on any atom is -0.381 e. The third-order valence-corrected chi connectivity index (χ3v) is 4.36. The molecule has 0 aliphatic rings. The molecule has 0 atom stereocenters. The summed E-state index contributed by atoms with van der Waals surface area (Å²) in [5, 5.41) is 3.47. The predicted octanol–water partition coefficient (Wildman–Crippen LogP) is 5.71. The van der Waals surface area contributed by atoms with Gasteiger partial charge in [0.2, 0.25) is 0 Å². The molecular weight excluding hydrogens is 310 g/mol. The number of hydrogen-bond donors (Lipinski definition) is 1. The first kappa shape index (κ1) is 15.1. The fourth-order valence-corrected chi connectivity index (χ4v) is 2.55. The van der Waals surface area contributed by atoms with Crippen molar-refractivity contribution >= 4 is 21.6 Å². The van der Waals surface area contributed by atoms with Crippen molar-refractivity contribution < 1.29 is 0 Å². The molecule has 2 heteroatoms. The van der Waals surface area contributed by atoms with E-state index in [-0.39, 0.29) is 0 Å². The molecule has 0 heterocycles. The van der Waals surface area contributed by atoms with Crippen molar-refractivity contribution in [1.82, 2.24) is 0 Å². The summed E-state index contributed by atoms with van der Waals surface area (Å²) in [5.74, 6) is 0. The molecule has 2 rings (SSSR count). The second-order valence-electron chi connectivity index (χ2n) is 5.24. The lowest BCUT2D eigenvalue weighted by Gasteiger charge is -2.09. The van der Waals surface area contributed by atoms with E-state index in [9.17, 15) is 0 Å². The van der Waals surface area contributed by atoms with E-state index in [0.29, 0.717) is 0 Å². The van der Waals surface area contributed by atoms with E-state index >= 15 is 0 Å². The van der Waals surface area contributed by atoms with Crippen LogP contribution in [0.4, 0.5) is 5.69 Å². The van der Waals surface area contributed by atoms with Crippen molar-refractivity contribution in [2.45, 2.75) is 39.7 Å². The summed E-state index contributed by atoms with van der Waals surface area (Å²) < 4.78 is 1.17. The Labute approximate surface area is 130 Å². The Hall–Kier alpha value is -1.28. The molecule has 0 spiro atoms. The highest BCUT2D eigenvalue weighted by Gasteiger charge is 1.99. The molecule has 0 aromatic heterocycles. The molecule has 0 fully saturated rings. The zero-order valence-corrected chi connectivity index (χ0v) is 13.8. The summed E-state index contributed by atoms with van der Waals surface area (Å²) >= 11 is 3.58. The molecular formula is C18H22BrN. The van der Waals surface area contributed by atoms with Crippen LogP contribution >= 0.6 is 15.9 Å². The zero-order chi connectivity index (χ0) is 14.4. The monoisotopic (exact) mass is 331 g/mol. The normalized spacial score (nSPS) is 10.6. The maximum atomic E-state index is 3.58. The summed E-state index contributed by atoms with van der Waals surface area (Å²) in [4.78, 5) is 0. The predicted molar refractivity (Wildman–Crippen MR) is 91.3 cm³/mol. The molecule has 0 radical (unpaired) electrons. The van der Waals surface area contributed by atoms with Crippen molar-refractivity contribution in [3.63, 3.8) is 0 Å². The van der Waals surface area contributed by atoms with Crippen molar-refractivity contribution in [2.24, 2.45) is 0 Å². The SMILES string of the molecule is CCCCc1ccc(NCc2ccc(C)c(Br)c2)cc1. The Bertz CT molecular complexity index is 546. The first-order chi connectivity index (χ1) is 9.69. The van der Waals surface area contributed by atoms with Crippen LogP contribution in [0, 0.1) is 6.92 Å². The Kier molecular flexibility index (Phi) is 5.66. The summed E-state index contributed by atoms with van der Waals surface area (Å²) in [6, 6.07) is 15.3. The topological polar surface area (TPSA) is 12.0 Å². The van der Waals surface area contributed by atoms with Gasteiger partial charge in [-0.25, -0.2) is 0 Å². The van der Waals surface area contributed by atoms with Crippen LogP contribution in [0.2, 0.25) is 0 Å². The Morgan fingerprint density at radius 3 is 2.35 bits per heavy atom. The molecule has 0 saturated heterocycles. The third-order valence-electron chi connectivity index (χ3n) is 3.51. The standard InChI is InChI=1S/C18H22BrN/c1-3-4-5-15-8-10-17(11-9-15)20-13-16-7-6-14(2)18(19)12-16/h6-12,20H,3-5,13H2,1-2H3. The zero-order valence-electron chi connectivity index (χ0n) is 12.2. The minimum absolute atomic E-state index is 0.854. The first-order valence-corrected chi connectivity index (χ1v) is 8.06. The first-order valence-electron chi connectivity index (χ1n) is 7.27. The minimum atomic E-state index is 0.854. The highest BCUT2D eigenvalue weighted by atomic mass is 79.9. The van der Waals surface area contributed by atoms with E-state index in [0.717, 1.165) is 6.54 Å². The largest absolute Gasteiger partial charge is 0.381 e. The van der Waals surface area contributed by atoms with Crippen LogP contribution in [-0.4, -0.2) is 0 Å². The number of benzene rings is 2. The molecule has 0 aliphatic carbocycles. The molecule has 106 valence electrons. The molecule has 0 amide bonds. The van der Waals surface area contributed by atoms with Crippen molar-refractivity contribution in [2.75, 3.05) is 5.32 Å². The number of aryl methyl sites for hydroxylation is 2. The molecule has 0 bridgehead atoms. The number of halogens is 1. The smallest absolute Gasteiger partial charge is 0.0401 e. The van der Waals surface area contributed by atoms with Gasteiger partial charge in [-0.05, 0) is 54.7 Å². The Morgan fingerprint density at radius 1 is 1.00 bits per heavy atom. The fraction of sp³-hybridized carbons (Fsp3) is 0.333. The van der Waals surface area contributed by atoms with Crippen molar-refractivity contribution in [1.29, 1.82) is 0 Å². The van der Waals surface area contributed by atoms with E-state index in [4.69, 9.17) is 0 Å². The maximum Gasteiger partial charge on any atom is 0.0401 e. The summed E-state index contributed by atoms with van der Waals surface area (Å²) in [5.41, 5.74) is 5.17.